The van der Waals surface area contributed by atoms with Crippen LogP contribution >= 0.6 is 0 Å². The van der Waals surface area contributed by atoms with Gasteiger partial charge in [-0.3, -0.25) is 9.59 Å². The summed E-state index contributed by atoms with van der Waals surface area (Å²) in [6.45, 7) is 6.71. The zero-order valence-corrected chi connectivity index (χ0v) is 16.5. The lowest BCUT2D eigenvalue weighted by Crippen LogP contribution is -2.50. The van der Waals surface area contributed by atoms with E-state index in [0.29, 0.717) is 34.2 Å². The Morgan fingerprint density at radius 2 is 1.88 bits per heavy atom. The molecule has 4 aliphatic carbocycles. The summed E-state index contributed by atoms with van der Waals surface area (Å²) in [4.78, 5) is 24.5. The monoisotopic (exact) mass is 344 g/mol. The van der Waals surface area contributed by atoms with Gasteiger partial charge in [-0.05, 0) is 92.8 Å². The highest BCUT2D eigenvalue weighted by atomic mass is 16.1. The Hall–Kier alpha value is -0.660. The summed E-state index contributed by atoms with van der Waals surface area (Å²) < 4.78 is 0. The average Bonchev–Trinajstić information content (AvgIpc) is 2.92. The van der Waals surface area contributed by atoms with Crippen LogP contribution in [0.2, 0.25) is 0 Å². The van der Waals surface area contributed by atoms with Crippen LogP contribution in [0.5, 0.6) is 0 Å². The van der Waals surface area contributed by atoms with Crippen molar-refractivity contribution in [1.29, 1.82) is 0 Å². The third-order valence-electron chi connectivity index (χ3n) is 9.59. The maximum absolute atomic E-state index is 12.4. The first-order valence-electron chi connectivity index (χ1n) is 10.9. The van der Waals surface area contributed by atoms with Crippen LogP contribution in [0.4, 0.5) is 0 Å². The van der Waals surface area contributed by atoms with Crippen molar-refractivity contribution >= 4 is 11.6 Å². The van der Waals surface area contributed by atoms with Gasteiger partial charge in [0.1, 0.15) is 11.6 Å². The van der Waals surface area contributed by atoms with E-state index in [2.05, 4.69) is 13.8 Å². The first-order chi connectivity index (χ1) is 11.9. The number of rotatable bonds is 2. The Bertz CT molecular complexity index is 566. The molecule has 0 aromatic rings. The normalized spacial score (nSPS) is 49.7. The molecule has 4 saturated carbocycles. The van der Waals surface area contributed by atoms with Crippen LogP contribution in [0.25, 0.3) is 0 Å². The molecule has 0 saturated heterocycles. The van der Waals surface area contributed by atoms with Crippen LogP contribution in [-0.2, 0) is 9.59 Å². The molecule has 7 atom stereocenters. The van der Waals surface area contributed by atoms with Gasteiger partial charge in [0.25, 0.3) is 0 Å². The fourth-order valence-electron chi connectivity index (χ4n) is 8.36. The summed E-state index contributed by atoms with van der Waals surface area (Å²) in [5.41, 5.74) is 0.678. The maximum atomic E-state index is 12.4. The van der Waals surface area contributed by atoms with Gasteiger partial charge in [-0.25, -0.2) is 0 Å². The van der Waals surface area contributed by atoms with E-state index in [9.17, 15) is 9.59 Å². The highest BCUT2D eigenvalue weighted by molar-refractivity contribution is 5.80. The fraction of sp³-hybridized carbons (Fsp3) is 0.913. The Balaban J connectivity index is 1.68. The summed E-state index contributed by atoms with van der Waals surface area (Å²) in [5.74, 6) is 4.27. The lowest BCUT2D eigenvalue weighted by atomic mass is 9.48. The van der Waals surface area contributed by atoms with Crippen LogP contribution < -0.4 is 0 Å². The molecular formula is C23H36O2. The van der Waals surface area contributed by atoms with Crippen LogP contribution in [0, 0.1) is 40.4 Å². The van der Waals surface area contributed by atoms with Gasteiger partial charge in [0.15, 0.2) is 0 Å². The summed E-state index contributed by atoms with van der Waals surface area (Å²) in [5, 5.41) is 0. The van der Waals surface area contributed by atoms with Crippen molar-refractivity contribution in [2.75, 3.05) is 0 Å². The summed E-state index contributed by atoms with van der Waals surface area (Å²) in [6.07, 6.45) is 12.9. The van der Waals surface area contributed by atoms with Gasteiger partial charge >= 0.3 is 0 Å². The van der Waals surface area contributed by atoms with Gasteiger partial charge < -0.3 is 0 Å². The lowest BCUT2D eigenvalue weighted by Gasteiger charge is -2.56. The van der Waals surface area contributed by atoms with E-state index in [1.54, 1.807) is 0 Å². The molecule has 25 heavy (non-hydrogen) atoms. The number of carbonyl (C=O) groups excluding carboxylic acids is 2. The van der Waals surface area contributed by atoms with Crippen molar-refractivity contribution in [3.05, 3.63) is 0 Å². The van der Waals surface area contributed by atoms with Crippen LogP contribution in [0.3, 0.4) is 0 Å². The Kier molecular flexibility index (Phi) is 4.40. The topological polar surface area (TPSA) is 34.1 Å². The van der Waals surface area contributed by atoms with Crippen molar-refractivity contribution in [3.63, 3.8) is 0 Å². The van der Waals surface area contributed by atoms with Crippen molar-refractivity contribution in [3.8, 4) is 0 Å². The quantitative estimate of drug-likeness (QED) is 0.655. The van der Waals surface area contributed by atoms with Crippen molar-refractivity contribution in [1.82, 2.24) is 0 Å². The van der Waals surface area contributed by atoms with E-state index in [-0.39, 0.29) is 0 Å². The molecule has 0 radical (unpaired) electrons. The molecule has 2 nitrogen and oxygen atoms in total. The number of ketones is 2. The third-order valence-corrected chi connectivity index (χ3v) is 9.59. The predicted octanol–water partition coefficient (Wildman–Crippen LogP) is 5.58. The molecule has 0 amide bonds. The fourth-order valence-corrected chi connectivity index (χ4v) is 8.36. The van der Waals surface area contributed by atoms with Gasteiger partial charge in [-0.2, -0.15) is 0 Å². The second kappa shape index (κ2) is 6.20. The number of hydrogen-bond donors (Lipinski definition) is 0. The van der Waals surface area contributed by atoms with Crippen LogP contribution in [0.1, 0.15) is 91.4 Å². The Morgan fingerprint density at radius 1 is 1.08 bits per heavy atom. The summed E-state index contributed by atoms with van der Waals surface area (Å²) >= 11 is 0. The number of carbonyl (C=O) groups is 2. The smallest absolute Gasteiger partial charge is 0.133 e. The van der Waals surface area contributed by atoms with Crippen molar-refractivity contribution < 1.29 is 9.59 Å². The Labute approximate surface area is 153 Å². The first kappa shape index (κ1) is 17.7. The van der Waals surface area contributed by atoms with Crippen LogP contribution in [-0.4, -0.2) is 11.6 Å². The van der Waals surface area contributed by atoms with Gasteiger partial charge in [0.05, 0.1) is 0 Å². The standard InChI is InChI=1S/C23H36O2/c1-4-23-13-11-20-18(21(23)9-8-19(23)15(2)24)7-5-6-16-14-17(25)10-12-22(16,20)3/h16,18-21H,4-14H2,1-3H3/t16-,18+,19-,20+,21+,22+,23-/m1/s1. The van der Waals surface area contributed by atoms with Gasteiger partial charge in [-0.15, -0.1) is 0 Å². The van der Waals surface area contributed by atoms with Gasteiger partial charge in [-0.1, -0.05) is 20.3 Å². The second-order valence-electron chi connectivity index (χ2n) is 10.1. The van der Waals surface area contributed by atoms with Gasteiger partial charge in [0.2, 0.25) is 0 Å². The molecule has 0 aromatic heterocycles. The molecule has 4 rings (SSSR count). The molecule has 0 aliphatic heterocycles. The van der Waals surface area contributed by atoms with E-state index in [1.165, 1.54) is 44.9 Å². The predicted molar refractivity (Wildman–Crippen MR) is 100 cm³/mol. The largest absolute Gasteiger partial charge is 0.300 e. The molecule has 4 fully saturated rings. The molecule has 0 unspecified atom stereocenters. The van der Waals surface area contributed by atoms with Crippen molar-refractivity contribution in [2.45, 2.75) is 91.4 Å². The van der Waals surface area contributed by atoms with E-state index >= 15 is 0 Å². The minimum atomic E-state index is 0.299. The van der Waals surface area contributed by atoms with E-state index in [0.717, 1.165) is 43.4 Å². The average molecular weight is 345 g/mol. The van der Waals surface area contributed by atoms with Crippen molar-refractivity contribution in [2.24, 2.45) is 40.4 Å². The zero-order valence-electron chi connectivity index (χ0n) is 16.5. The minimum Gasteiger partial charge on any atom is -0.300 e. The molecule has 2 heteroatoms. The Morgan fingerprint density at radius 3 is 2.60 bits per heavy atom. The van der Waals surface area contributed by atoms with E-state index < -0.39 is 0 Å². The van der Waals surface area contributed by atoms with E-state index in [1.807, 2.05) is 6.92 Å². The van der Waals surface area contributed by atoms with Crippen LogP contribution in [0.15, 0.2) is 0 Å². The number of hydrogen-bond acceptors (Lipinski definition) is 2. The second-order valence-corrected chi connectivity index (χ2v) is 10.1. The molecule has 0 N–H and O–H groups in total. The number of fused-ring (bicyclic) bond motifs is 5. The SMILES string of the molecule is CC[C@]12CC[C@H]3[C@H](CCC[C@@H]4CC(=O)CC[C@@]43C)[C@@H]1CC[C@@H]2C(C)=O. The molecule has 0 aromatic carbocycles. The zero-order chi connectivity index (χ0) is 17.8. The maximum Gasteiger partial charge on any atom is 0.133 e. The highest BCUT2D eigenvalue weighted by Gasteiger charge is 2.60. The van der Waals surface area contributed by atoms with E-state index in [4.69, 9.17) is 0 Å². The minimum absolute atomic E-state index is 0.299. The summed E-state index contributed by atoms with van der Waals surface area (Å²) in [7, 11) is 0. The first-order valence-corrected chi connectivity index (χ1v) is 10.9. The van der Waals surface area contributed by atoms with Gasteiger partial charge in [0, 0.05) is 18.8 Å². The molecule has 140 valence electrons. The molecular weight excluding hydrogens is 308 g/mol. The molecule has 0 heterocycles. The third kappa shape index (κ3) is 2.49. The number of Topliss-reactive ketones (excluding diaryl/α,β-unsaturated/α-hetero) is 2. The molecule has 0 spiro atoms. The summed E-state index contributed by atoms with van der Waals surface area (Å²) in [6, 6.07) is 0. The highest BCUT2D eigenvalue weighted by Crippen LogP contribution is 2.67. The molecule has 0 bridgehead atoms. The lowest BCUT2D eigenvalue weighted by molar-refractivity contribution is -0.134. The molecule has 4 aliphatic rings.